The highest BCUT2D eigenvalue weighted by molar-refractivity contribution is 5.79. The van der Waals surface area contributed by atoms with E-state index in [1.165, 1.54) is 0 Å². The predicted molar refractivity (Wildman–Crippen MR) is 93.3 cm³/mol. The lowest BCUT2D eigenvalue weighted by molar-refractivity contribution is -0.131. The summed E-state index contributed by atoms with van der Waals surface area (Å²) in [7, 11) is 1.65. The number of benzene rings is 1. The molecule has 3 rings (SSSR count). The quantitative estimate of drug-likeness (QED) is 0.896. The first-order chi connectivity index (χ1) is 11.7. The number of piperidine rings is 1. The molecular formula is C19H28N2O3. The molecule has 1 N–H and O–H groups in total. The summed E-state index contributed by atoms with van der Waals surface area (Å²) >= 11 is 0. The molecule has 1 unspecified atom stereocenters. The van der Waals surface area contributed by atoms with E-state index in [1.54, 1.807) is 7.11 Å². The number of nitrogens with one attached hydrogen (secondary N) is 1. The molecule has 0 aromatic heterocycles. The van der Waals surface area contributed by atoms with Crippen LogP contribution in [0.2, 0.25) is 0 Å². The Labute approximate surface area is 144 Å². The molecule has 1 amide bonds. The Morgan fingerprint density at radius 1 is 1.21 bits per heavy atom. The number of carbonyl (C=O) groups excluding carboxylic acids is 1. The monoisotopic (exact) mass is 332 g/mol. The van der Waals surface area contributed by atoms with Crippen LogP contribution >= 0.6 is 0 Å². The van der Waals surface area contributed by atoms with Crippen molar-refractivity contribution in [3.8, 4) is 5.75 Å². The van der Waals surface area contributed by atoms with Crippen LogP contribution in [0.5, 0.6) is 5.75 Å². The highest BCUT2D eigenvalue weighted by Crippen LogP contribution is 2.17. The number of hydrogen-bond acceptors (Lipinski definition) is 4. The van der Waals surface area contributed by atoms with E-state index in [9.17, 15) is 4.79 Å². The standard InChI is InChI=1S/C19H28N2O3/c1-23-18-6-4-15(5-7-18)13-19(22)21-10-2-3-17(14-21)20-16-8-11-24-12-9-16/h4-7,16-17,20H,2-3,8-14H2,1H3. The maximum atomic E-state index is 12.6. The third-order valence-electron chi connectivity index (χ3n) is 4.98. The average Bonchev–Trinajstić information content (AvgIpc) is 2.63. The van der Waals surface area contributed by atoms with Gasteiger partial charge in [-0.3, -0.25) is 4.79 Å². The van der Waals surface area contributed by atoms with Gasteiger partial charge in [0, 0.05) is 38.4 Å². The minimum absolute atomic E-state index is 0.221. The lowest BCUT2D eigenvalue weighted by Gasteiger charge is -2.36. The van der Waals surface area contributed by atoms with E-state index >= 15 is 0 Å². The van der Waals surface area contributed by atoms with E-state index in [4.69, 9.17) is 9.47 Å². The molecule has 0 aliphatic carbocycles. The summed E-state index contributed by atoms with van der Waals surface area (Å²) in [5.41, 5.74) is 1.04. The minimum atomic E-state index is 0.221. The zero-order valence-corrected chi connectivity index (χ0v) is 14.5. The summed E-state index contributed by atoms with van der Waals surface area (Å²) in [6.07, 6.45) is 4.86. The van der Waals surface area contributed by atoms with Gasteiger partial charge >= 0.3 is 0 Å². The fourth-order valence-electron chi connectivity index (χ4n) is 3.57. The molecule has 2 aliphatic rings. The van der Waals surface area contributed by atoms with Crippen molar-refractivity contribution >= 4 is 5.91 Å². The molecule has 2 aliphatic heterocycles. The van der Waals surface area contributed by atoms with E-state index in [1.807, 2.05) is 29.2 Å². The first kappa shape index (κ1) is 17.2. The van der Waals surface area contributed by atoms with Gasteiger partial charge in [0.25, 0.3) is 0 Å². The van der Waals surface area contributed by atoms with Crippen molar-refractivity contribution in [3.63, 3.8) is 0 Å². The number of carbonyl (C=O) groups is 1. The fourth-order valence-corrected chi connectivity index (χ4v) is 3.57. The fraction of sp³-hybridized carbons (Fsp3) is 0.632. The smallest absolute Gasteiger partial charge is 0.227 e. The molecule has 5 nitrogen and oxygen atoms in total. The molecule has 132 valence electrons. The second kappa shape index (κ2) is 8.49. The summed E-state index contributed by atoms with van der Waals surface area (Å²) in [5.74, 6) is 1.04. The van der Waals surface area contributed by atoms with E-state index in [0.29, 0.717) is 18.5 Å². The Kier molecular flexibility index (Phi) is 6.10. The molecular weight excluding hydrogens is 304 g/mol. The Morgan fingerprint density at radius 2 is 1.96 bits per heavy atom. The molecule has 0 radical (unpaired) electrons. The zero-order valence-electron chi connectivity index (χ0n) is 14.5. The maximum absolute atomic E-state index is 12.6. The Morgan fingerprint density at radius 3 is 2.67 bits per heavy atom. The summed E-state index contributed by atoms with van der Waals surface area (Å²) in [6.45, 7) is 3.41. The molecule has 5 heteroatoms. The van der Waals surface area contributed by atoms with Crippen molar-refractivity contribution in [1.29, 1.82) is 0 Å². The van der Waals surface area contributed by atoms with Crippen molar-refractivity contribution in [3.05, 3.63) is 29.8 Å². The van der Waals surface area contributed by atoms with E-state index in [0.717, 1.165) is 63.3 Å². The van der Waals surface area contributed by atoms with Gasteiger partial charge in [0.2, 0.25) is 5.91 Å². The number of ether oxygens (including phenoxy) is 2. The largest absolute Gasteiger partial charge is 0.497 e. The van der Waals surface area contributed by atoms with Crippen LogP contribution in [-0.4, -0.2) is 56.3 Å². The van der Waals surface area contributed by atoms with Gasteiger partial charge in [-0.15, -0.1) is 0 Å². The van der Waals surface area contributed by atoms with Crippen molar-refractivity contribution in [2.45, 2.75) is 44.2 Å². The SMILES string of the molecule is COc1ccc(CC(=O)N2CCCC(NC3CCOCC3)C2)cc1. The van der Waals surface area contributed by atoms with E-state index in [2.05, 4.69) is 5.32 Å². The van der Waals surface area contributed by atoms with Crippen LogP contribution in [0.15, 0.2) is 24.3 Å². The summed E-state index contributed by atoms with van der Waals surface area (Å²) in [6, 6.07) is 8.72. The van der Waals surface area contributed by atoms with Gasteiger partial charge in [-0.2, -0.15) is 0 Å². The molecule has 2 heterocycles. The van der Waals surface area contributed by atoms with Crippen molar-refractivity contribution in [2.75, 3.05) is 33.4 Å². The third-order valence-corrected chi connectivity index (χ3v) is 4.98. The van der Waals surface area contributed by atoms with E-state index < -0.39 is 0 Å². The second-order valence-electron chi connectivity index (χ2n) is 6.76. The van der Waals surface area contributed by atoms with Gasteiger partial charge in [0.1, 0.15) is 5.75 Å². The Bertz CT molecular complexity index is 526. The molecule has 0 saturated carbocycles. The molecule has 0 bridgehead atoms. The van der Waals surface area contributed by atoms with Crippen LogP contribution in [0, 0.1) is 0 Å². The molecule has 0 spiro atoms. The number of hydrogen-bond donors (Lipinski definition) is 1. The first-order valence-corrected chi connectivity index (χ1v) is 8.99. The number of likely N-dealkylation sites (tertiary alicyclic amines) is 1. The lowest BCUT2D eigenvalue weighted by Crippen LogP contribution is -2.52. The molecule has 2 saturated heterocycles. The summed E-state index contributed by atoms with van der Waals surface area (Å²) < 4.78 is 10.6. The van der Waals surface area contributed by atoms with Crippen molar-refractivity contribution in [2.24, 2.45) is 0 Å². The average molecular weight is 332 g/mol. The number of rotatable bonds is 5. The normalized spacial score (nSPS) is 22.4. The van der Waals surface area contributed by atoms with Crippen LogP contribution in [0.25, 0.3) is 0 Å². The second-order valence-corrected chi connectivity index (χ2v) is 6.76. The maximum Gasteiger partial charge on any atom is 0.227 e. The third kappa shape index (κ3) is 4.71. The highest BCUT2D eigenvalue weighted by Gasteiger charge is 2.26. The van der Waals surface area contributed by atoms with Crippen LogP contribution in [0.1, 0.15) is 31.2 Å². The summed E-state index contributed by atoms with van der Waals surface area (Å²) in [4.78, 5) is 14.6. The van der Waals surface area contributed by atoms with Crippen LogP contribution in [-0.2, 0) is 16.0 Å². The molecule has 2 fully saturated rings. The minimum Gasteiger partial charge on any atom is -0.497 e. The van der Waals surface area contributed by atoms with Crippen LogP contribution in [0.4, 0.5) is 0 Å². The van der Waals surface area contributed by atoms with E-state index in [-0.39, 0.29) is 5.91 Å². The zero-order chi connectivity index (χ0) is 16.8. The lowest BCUT2D eigenvalue weighted by atomic mass is 10.0. The molecule has 1 aromatic rings. The number of methoxy groups -OCH3 is 1. The topological polar surface area (TPSA) is 50.8 Å². The predicted octanol–water partition coefficient (Wildman–Crippen LogP) is 2.00. The van der Waals surface area contributed by atoms with Gasteiger partial charge < -0.3 is 19.7 Å². The van der Waals surface area contributed by atoms with Gasteiger partial charge in [-0.05, 0) is 43.4 Å². The molecule has 1 atom stereocenters. The first-order valence-electron chi connectivity index (χ1n) is 8.99. The van der Waals surface area contributed by atoms with Gasteiger partial charge in [0.15, 0.2) is 0 Å². The van der Waals surface area contributed by atoms with Gasteiger partial charge in [-0.1, -0.05) is 12.1 Å². The van der Waals surface area contributed by atoms with Gasteiger partial charge in [-0.25, -0.2) is 0 Å². The highest BCUT2D eigenvalue weighted by atomic mass is 16.5. The van der Waals surface area contributed by atoms with Crippen LogP contribution < -0.4 is 10.1 Å². The van der Waals surface area contributed by atoms with Gasteiger partial charge in [0.05, 0.1) is 13.5 Å². The number of nitrogens with zero attached hydrogens (tertiary/aromatic N) is 1. The van der Waals surface area contributed by atoms with Crippen molar-refractivity contribution < 1.29 is 14.3 Å². The molecule has 1 aromatic carbocycles. The Hall–Kier alpha value is -1.59. The Balaban J connectivity index is 1.50. The number of amides is 1. The summed E-state index contributed by atoms with van der Waals surface area (Å²) in [5, 5.41) is 3.73. The molecule has 24 heavy (non-hydrogen) atoms. The van der Waals surface area contributed by atoms with Crippen molar-refractivity contribution in [1.82, 2.24) is 10.2 Å². The van der Waals surface area contributed by atoms with Crippen LogP contribution in [0.3, 0.4) is 0 Å².